The van der Waals surface area contributed by atoms with Crippen LogP contribution < -0.4 is 20.4 Å². The molecule has 1 atom stereocenters. The van der Waals surface area contributed by atoms with Crippen molar-refractivity contribution in [1.29, 1.82) is 0 Å². The summed E-state index contributed by atoms with van der Waals surface area (Å²) < 4.78 is 0. The van der Waals surface area contributed by atoms with Gasteiger partial charge in [-0.15, -0.1) is 0 Å². The van der Waals surface area contributed by atoms with Crippen molar-refractivity contribution in [3.05, 3.63) is 64.2 Å². The number of quaternary nitrogens is 2. The zero-order chi connectivity index (χ0) is 21.7. The lowest BCUT2D eigenvalue weighted by molar-refractivity contribution is -1.02. The average Bonchev–Trinajstić information content (AvgIpc) is 2.73. The number of carbonyl (C=O) groups is 2. The van der Waals surface area contributed by atoms with E-state index in [0.717, 1.165) is 31.7 Å². The number of likely N-dealkylation sites (N-methyl/N-ethyl adjacent to an activating group) is 1. The van der Waals surface area contributed by atoms with Gasteiger partial charge in [0.1, 0.15) is 32.2 Å². The Labute approximate surface area is 183 Å². The van der Waals surface area contributed by atoms with E-state index in [9.17, 15) is 9.59 Å². The summed E-state index contributed by atoms with van der Waals surface area (Å²) in [6.07, 6.45) is 0. The summed E-state index contributed by atoms with van der Waals surface area (Å²) in [6, 6.07) is 13.8. The van der Waals surface area contributed by atoms with Crippen LogP contribution in [0, 0.1) is 13.8 Å². The van der Waals surface area contributed by atoms with Crippen LogP contribution in [-0.4, -0.2) is 51.6 Å². The molecular formula is C23H31ClN4O2+2. The molecule has 7 heteroatoms. The maximum atomic E-state index is 12.5. The minimum absolute atomic E-state index is 0.114. The van der Waals surface area contributed by atoms with Gasteiger partial charge in [0.2, 0.25) is 0 Å². The van der Waals surface area contributed by atoms with Crippen LogP contribution in [0.4, 0.5) is 5.69 Å². The van der Waals surface area contributed by atoms with Gasteiger partial charge in [0.25, 0.3) is 0 Å². The van der Waals surface area contributed by atoms with Crippen molar-refractivity contribution < 1.29 is 19.4 Å². The number of hydrogen-bond donors (Lipinski definition) is 4. The fraction of sp³-hybridized carbons (Fsp3) is 0.391. The summed E-state index contributed by atoms with van der Waals surface area (Å²) in [5.41, 5.74) is 3.67. The van der Waals surface area contributed by atoms with Crippen molar-refractivity contribution in [1.82, 2.24) is 5.32 Å². The van der Waals surface area contributed by atoms with E-state index in [-0.39, 0.29) is 6.04 Å². The molecule has 0 bridgehead atoms. The molecule has 2 aromatic rings. The summed E-state index contributed by atoms with van der Waals surface area (Å²) in [4.78, 5) is 27.9. The van der Waals surface area contributed by atoms with Gasteiger partial charge in [-0.2, -0.15) is 0 Å². The normalized spacial score (nSPS) is 19.7. The van der Waals surface area contributed by atoms with Crippen molar-refractivity contribution in [3.8, 4) is 0 Å². The SMILES string of the molecule is Cc1ccc([C@@H](CNC(=O)C(=O)Nc2cccc(Cl)c2C)[NH+]2CC[NH+](C)CC2)cc1. The topological polar surface area (TPSA) is 67.1 Å². The number of nitrogens with one attached hydrogen (secondary N) is 4. The van der Waals surface area contributed by atoms with Gasteiger partial charge >= 0.3 is 11.8 Å². The summed E-state index contributed by atoms with van der Waals surface area (Å²) in [7, 11) is 2.21. The first-order valence-corrected chi connectivity index (χ1v) is 10.8. The van der Waals surface area contributed by atoms with Gasteiger partial charge in [-0.05, 0) is 31.5 Å². The third kappa shape index (κ3) is 5.59. The largest absolute Gasteiger partial charge is 0.341 e. The van der Waals surface area contributed by atoms with Crippen molar-refractivity contribution in [2.24, 2.45) is 0 Å². The molecule has 0 radical (unpaired) electrons. The minimum atomic E-state index is -0.680. The quantitative estimate of drug-likeness (QED) is 0.511. The summed E-state index contributed by atoms with van der Waals surface area (Å²) in [5.74, 6) is -1.31. The summed E-state index contributed by atoms with van der Waals surface area (Å²) >= 11 is 6.10. The van der Waals surface area contributed by atoms with Crippen molar-refractivity contribution in [2.45, 2.75) is 19.9 Å². The smallest absolute Gasteiger partial charge is 0.313 e. The maximum absolute atomic E-state index is 12.5. The Morgan fingerprint density at radius 1 is 1.00 bits per heavy atom. The van der Waals surface area contributed by atoms with Crippen LogP contribution in [0.1, 0.15) is 22.7 Å². The number of carbonyl (C=O) groups excluding carboxylic acids is 2. The summed E-state index contributed by atoms with van der Waals surface area (Å²) in [6.45, 7) is 8.55. The van der Waals surface area contributed by atoms with Crippen LogP contribution in [0.5, 0.6) is 0 Å². The first-order chi connectivity index (χ1) is 14.3. The Morgan fingerprint density at radius 3 is 2.33 bits per heavy atom. The fourth-order valence-electron chi connectivity index (χ4n) is 3.84. The van der Waals surface area contributed by atoms with Crippen LogP contribution in [0.2, 0.25) is 5.02 Å². The molecule has 1 heterocycles. The van der Waals surface area contributed by atoms with Gasteiger partial charge in [-0.25, -0.2) is 0 Å². The van der Waals surface area contributed by atoms with Crippen molar-refractivity contribution >= 4 is 29.1 Å². The van der Waals surface area contributed by atoms with E-state index >= 15 is 0 Å². The van der Waals surface area contributed by atoms with Crippen LogP contribution in [0.3, 0.4) is 0 Å². The Bertz CT molecular complexity index is 893. The number of halogens is 1. The third-order valence-corrected chi connectivity index (χ3v) is 6.32. The van der Waals surface area contributed by atoms with Gasteiger partial charge in [-0.3, -0.25) is 9.59 Å². The third-order valence-electron chi connectivity index (χ3n) is 5.91. The van der Waals surface area contributed by atoms with Crippen LogP contribution in [-0.2, 0) is 9.59 Å². The Kier molecular flexibility index (Phi) is 7.48. The van der Waals surface area contributed by atoms with Gasteiger partial charge < -0.3 is 20.4 Å². The zero-order valence-corrected chi connectivity index (χ0v) is 18.6. The minimum Gasteiger partial charge on any atom is -0.341 e. The van der Waals surface area contributed by atoms with Gasteiger partial charge in [0.15, 0.2) is 0 Å². The molecule has 2 aromatic carbocycles. The fourth-order valence-corrected chi connectivity index (χ4v) is 4.01. The standard InChI is InChI=1S/C23H29ClN4O2/c1-16-7-9-18(10-8-16)21(28-13-11-27(3)12-14-28)15-25-22(29)23(30)26-20-6-4-5-19(24)17(20)2/h4-10,21H,11-15H2,1-3H3,(H,25,29)(H,26,30)/p+2/t21-/m1/s1. The molecule has 1 aliphatic heterocycles. The average molecular weight is 431 g/mol. The van der Waals surface area contributed by atoms with Crippen LogP contribution >= 0.6 is 11.6 Å². The monoisotopic (exact) mass is 430 g/mol. The molecule has 0 unspecified atom stereocenters. The Balaban J connectivity index is 1.66. The van der Waals surface area contributed by atoms with Crippen molar-refractivity contribution in [3.63, 3.8) is 0 Å². The van der Waals surface area contributed by atoms with E-state index in [1.54, 1.807) is 18.2 Å². The predicted octanol–water partition coefficient (Wildman–Crippen LogP) is 0.166. The number of aryl methyl sites for hydroxylation is 1. The molecule has 1 fully saturated rings. The highest BCUT2D eigenvalue weighted by Gasteiger charge is 2.30. The highest BCUT2D eigenvalue weighted by atomic mass is 35.5. The summed E-state index contributed by atoms with van der Waals surface area (Å²) in [5, 5.41) is 6.06. The lowest BCUT2D eigenvalue weighted by atomic mass is 10.0. The predicted molar refractivity (Wildman–Crippen MR) is 119 cm³/mol. The molecule has 3 rings (SSSR count). The van der Waals surface area contributed by atoms with E-state index in [0.29, 0.717) is 17.3 Å². The van der Waals surface area contributed by atoms with Gasteiger partial charge in [-0.1, -0.05) is 47.5 Å². The Hall–Kier alpha value is -2.41. The van der Waals surface area contributed by atoms with E-state index in [2.05, 4.69) is 48.9 Å². The molecule has 1 aliphatic rings. The lowest BCUT2D eigenvalue weighted by Crippen LogP contribution is -3.27. The van der Waals surface area contributed by atoms with E-state index in [1.165, 1.54) is 20.9 Å². The molecule has 2 amide bonds. The molecule has 6 nitrogen and oxygen atoms in total. The molecule has 4 N–H and O–H groups in total. The first-order valence-electron chi connectivity index (χ1n) is 10.4. The van der Waals surface area contributed by atoms with E-state index < -0.39 is 11.8 Å². The number of benzene rings is 2. The van der Waals surface area contributed by atoms with Gasteiger partial charge in [0.05, 0.1) is 13.6 Å². The first kappa shape index (κ1) is 22.3. The molecule has 30 heavy (non-hydrogen) atoms. The molecule has 0 spiro atoms. The number of rotatable bonds is 5. The van der Waals surface area contributed by atoms with Gasteiger partial charge in [0, 0.05) is 16.3 Å². The van der Waals surface area contributed by atoms with Crippen LogP contribution in [0.15, 0.2) is 42.5 Å². The number of piperazine rings is 1. The molecule has 160 valence electrons. The number of hydrogen-bond acceptors (Lipinski definition) is 2. The van der Waals surface area contributed by atoms with E-state index in [1.807, 2.05) is 6.92 Å². The second-order valence-corrected chi connectivity index (χ2v) is 8.56. The molecule has 0 aliphatic carbocycles. The number of anilines is 1. The maximum Gasteiger partial charge on any atom is 0.313 e. The second-order valence-electron chi connectivity index (χ2n) is 8.16. The van der Waals surface area contributed by atoms with Crippen molar-refractivity contribution in [2.75, 3.05) is 45.1 Å². The lowest BCUT2D eigenvalue weighted by Gasteiger charge is -2.33. The van der Waals surface area contributed by atoms with E-state index in [4.69, 9.17) is 11.6 Å². The molecule has 0 aromatic heterocycles. The molecule has 1 saturated heterocycles. The molecular weight excluding hydrogens is 400 g/mol. The number of amides is 2. The highest BCUT2D eigenvalue weighted by molar-refractivity contribution is 6.40. The molecule has 0 saturated carbocycles. The van der Waals surface area contributed by atoms with Crippen LogP contribution in [0.25, 0.3) is 0 Å². The highest BCUT2D eigenvalue weighted by Crippen LogP contribution is 2.22. The second kappa shape index (κ2) is 10.1. The zero-order valence-electron chi connectivity index (χ0n) is 17.8. The Morgan fingerprint density at radius 2 is 1.67 bits per heavy atom.